The summed E-state index contributed by atoms with van der Waals surface area (Å²) >= 11 is 0. The summed E-state index contributed by atoms with van der Waals surface area (Å²) in [5.41, 5.74) is 7.11. The van der Waals surface area contributed by atoms with Crippen molar-refractivity contribution in [3.8, 4) is 0 Å². The van der Waals surface area contributed by atoms with Crippen LogP contribution in [0.5, 0.6) is 0 Å². The molecule has 1 unspecified atom stereocenters. The van der Waals surface area contributed by atoms with Crippen molar-refractivity contribution in [3.05, 3.63) is 24.3 Å². The van der Waals surface area contributed by atoms with Gasteiger partial charge in [-0.2, -0.15) is 0 Å². The van der Waals surface area contributed by atoms with Crippen molar-refractivity contribution in [3.63, 3.8) is 0 Å². The van der Waals surface area contributed by atoms with Crippen molar-refractivity contribution in [2.45, 2.75) is 32.2 Å². The van der Waals surface area contributed by atoms with Gasteiger partial charge in [-0.25, -0.2) is 0 Å². The van der Waals surface area contributed by atoms with E-state index in [0.29, 0.717) is 18.2 Å². The largest absolute Gasteiger partial charge is 0.399 e. The highest BCUT2D eigenvalue weighted by Gasteiger charge is 2.20. The van der Waals surface area contributed by atoms with Crippen molar-refractivity contribution in [2.75, 3.05) is 24.1 Å². The van der Waals surface area contributed by atoms with Gasteiger partial charge in [0.1, 0.15) is 0 Å². The molecular weight excluding hydrogens is 226 g/mol. The summed E-state index contributed by atoms with van der Waals surface area (Å²) < 4.78 is 0. The molecule has 18 heavy (non-hydrogen) atoms. The Labute approximate surface area is 108 Å². The Kier molecular flexibility index (Phi) is 4.20. The monoisotopic (exact) mass is 247 g/mol. The van der Waals surface area contributed by atoms with Gasteiger partial charge < -0.3 is 16.0 Å². The summed E-state index contributed by atoms with van der Waals surface area (Å²) in [5.74, 6) is 0.0684. The molecule has 1 fully saturated rings. The number of anilines is 2. The van der Waals surface area contributed by atoms with Gasteiger partial charge >= 0.3 is 0 Å². The van der Waals surface area contributed by atoms with Gasteiger partial charge in [0.25, 0.3) is 0 Å². The molecule has 1 amide bonds. The summed E-state index contributed by atoms with van der Waals surface area (Å²) in [7, 11) is 0. The van der Waals surface area contributed by atoms with E-state index in [1.807, 2.05) is 12.1 Å². The molecule has 4 nitrogen and oxygen atoms in total. The standard InChI is InChI=1S/C14H21N3O/c1-11-3-2-9-17(11)10-8-14(18)16-13-6-4-12(15)5-7-13/h4-7,11H,2-3,8-10,15H2,1H3,(H,16,18). The number of nitrogen functional groups attached to an aromatic ring is 1. The molecule has 0 bridgehead atoms. The maximum atomic E-state index is 11.8. The highest BCUT2D eigenvalue weighted by Crippen LogP contribution is 2.16. The van der Waals surface area contributed by atoms with Crippen molar-refractivity contribution in [1.29, 1.82) is 0 Å². The van der Waals surface area contributed by atoms with Crippen molar-refractivity contribution < 1.29 is 4.79 Å². The van der Waals surface area contributed by atoms with Gasteiger partial charge in [0.05, 0.1) is 0 Å². The van der Waals surface area contributed by atoms with E-state index in [1.165, 1.54) is 12.8 Å². The number of nitrogens with zero attached hydrogens (tertiary/aromatic N) is 1. The maximum absolute atomic E-state index is 11.8. The molecular formula is C14H21N3O. The Morgan fingerprint density at radius 1 is 1.44 bits per heavy atom. The number of hydrogen-bond acceptors (Lipinski definition) is 3. The Morgan fingerprint density at radius 2 is 2.17 bits per heavy atom. The van der Waals surface area contributed by atoms with Crippen LogP contribution in [0, 0.1) is 0 Å². The van der Waals surface area contributed by atoms with Gasteiger partial charge in [0, 0.05) is 30.4 Å². The molecule has 0 aliphatic carbocycles. The Morgan fingerprint density at radius 3 is 2.78 bits per heavy atom. The molecule has 1 aromatic rings. The normalized spacial score (nSPS) is 19.9. The fourth-order valence-electron chi connectivity index (χ4n) is 2.36. The smallest absolute Gasteiger partial charge is 0.225 e. The van der Waals surface area contributed by atoms with E-state index in [9.17, 15) is 4.79 Å². The van der Waals surface area contributed by atoms with Crippen LogP contribution in [0.3, 0.4) is 0 Å². The Hall–Kier alpha value is -1.55. The third-order valence-corrected chi connectivity index (χ3v) is 3.51. The minimum absolute atomic E-state index is 0.0684. The van der Waals surface area contributed by atoms with Crippen LogP contribution in [-0.2, 0) is 4.79 Å². The molecule has 1 aliphatic rings. The molecule has 1 saturated heterocycles. The third-order valence-electron chi connectivity index (χ3n) is 3.51. The van der Waals surface area contributed by atoms with E-state index in [4.69, 9.17) is 5.73 Å². The number of rotatable bonds is 4. The van der Waals surface area contributed by atoms with Crippen LogP contribution in [0.1, 0.15) is 26.2 Å². The molecule has 3 N–H and O–H groups in total. The lowest BCUT2D eigenvalue weighted by Crippen LogP contribution is -2.30. The summed E-state index contributed by atoms with van der Waals surface area (Å²) in [6.45, 7) is 4.20. The lowest BCUT2D eigenvalue weighted by molar-refractivity contribution is -0.116. The molecule has 0 radical (unpaired) electrons. The summed E-state index contributed by atoms with van der Waals surface area (Å²) in [6, 6.07) is 7.85. The minimum Gasteiger partial charge on any atom is -0.399 e. The van der Waals surface area contributed by atoms with Gasteiger partial charge in [-0.05, 0) is 50.6 Å². The zero-order valence-corrected chi connectivity index (χ0v) is 10.9. The number of nitrogens with two attached hydrogens (primary N) is 1. The average molecular weight is 247 g/mol. The quantitative estimate of drug-likeness (QED) is 0.801. The molecule has 4 heteroatoms. The number of likely N-dealkylation sites (tertiary alicyclic amines) is 1. The molecule has 1 aromatic carbocycles. The maximum Gasteiger partial charge on any atom is 0.225 e. The lowest BCUT2D eigenvalue weighted by atomic mass is 10.2. The number of carbonyl (C=O) groups is 1. The van der Waals surface area contributed by atoms with Gasteiger partial charge in [-0.1, -0.05) is 0 Å². The van der Waals surface area contributed by atoms with E-state index in [2.05, 4.69) is 17.1 Å². The Bertz CT molecular complexity index is 402. The first-order valence-corrected chi connectivity index (χ1v) is 6.54. The second-order valence-corrected chi connectivity index (χ2v) is 4.95. The number of amides is 1. The van der Waals surface area contributed by atoms with Crippen LogP contribution in [0.15, 0.2) is 24.3 Å². The first-order valence-electron chi connectivity index (χ1n) is 6.54. The number of hydrogen-bond donors (Lipinski definition) is 2. The SMILES string of the molecule is CC1CCCN1CCC(=O)Nc1ccc(N)cc1. The van der Waals surface area contributed by atoms with Crippen molar-refractivity contribution in [2.24, 2.45) is 0 Å². The van der Waals surface area contributed by atoms with E-state index >= 15 is 0 Å². The first-order chi connectivity index (χ1) is 8.65. The van der Waals surface area contributed by atoms with Crippen LogP contribution >= 0.6 is 0 Å². The van der Waals surface area contributed by atoms with Gasteiger partial charge in [0.2, 0.25) is 5.91 Å². The second kappa shape index (κ2) is 5.87. The predicted octanol–water partition coefficient (Wildman–Crippen LogP) is 2.08. The second-order valence-electron chi connectivity index (χ2n) is 4.95. The van der Waals surface area contributed by atoms with E-state index in [-0.39, 0.29) is 5.91 Å². The molecule has 98 valence electrons. The molecule has 1 aliphatic heterocycles. The molecule has 2 rings (SSSR count). The predicted molar refractivity (Wildman–Crippen MR) is 74.4 cm³/mol. The molecule has 0 saturated carbocycles. The molecule has 1 atom stereocenters. The zero-order valence-electron chi connectivity index (χ0n) is 10.9. The van der Waals surface area contributed by atoms with Crippen LogP contribution in [0.4, 0.5) is 11.4 Å². The lowest BCUT2D eigenvalue weighted by Gasteiger charge is -2.20. The Balaban J connectivity index is 1.76. The van der Waals surface area contributed by atoms with Gasteiger partial charge in [-0.15, -0.1) is 0 Å². The molecule has 0 spiro atoms. The topological polar surface area (TPSA) is 58.4 Å². The summed E-state index contributed by atoms with van der Waals surface area (Å²) in [5, 5.41) is 2.89. The van der Waals surface area contributed by atoms with Crippen LogP contribution in [0.2, 0.25) is 0 Å². The highest BCUT2D eigenvalue weighted by molar-refractivity contribution is 5.90. The van der Waals surface area contributed by atoms with E-state index in [0.717, 1.165) is 18.8 Å². The fraction of sp³-hybridized carbons (Fsp3) is 0.500. The summed E-state index contributed by atoms with van der Waals surface area (Å²) in [6.07, 6.45) is 3.05. The van der Waals surface area contributed by atoms with Crippen LogP contribution in [-0.4, -0.2) is 29.9 Å². The molecule has 0 aromatic heterocycles. The third kappa shape index (κ3) is 3.47. The van der Waals surface area contributed by atoms with E-state index in [1.54, 1.807) is 12.1 Å². The van der Waals surface area contributed by atoms with Crippen LogP contribution in [0.25, 0.3) is 0 Å². The number of nitrogens with one attached hydrogen (secondary N) is 1. The minimum atomic E-state index is 0.0684. The van der Waals surface area contributed by atoms with Gasteiger partial charge in [0.15, 0.2) is 0 Å². The first kappa shape index (κ1) is 12.9. The fourth-order valence-corrected chi connectivity index (χ4v) is 2.36. The zero-order chi connectivity index (χ0) is 13.0. The van der Waals surface area contributed by atoms with Crippen molar-refractivity contribution >= 4 is 17.3 Å². The highest BCUT2D eigenvalue weighted by atomic mass is 16.1. The van der Waals surface area contributed by atoms with Crippen LogP contribution < -0.4 is 11.1 Å². The summed E-state index contributed by atoms with van der Waals surface area (Å²) in [4.78, 5) is 14.2. The number of carbonyl (C=O) groups excluding carboxylic acids is 1. The molecule has 1 heterocycles. The van der Waals surface area contributed by atoms with Gasteiger partial charge in [-0.3, -0.25) is 4.79 Å². The van der Waals surface area contributed by atoms with E-state index < -0.39 is 0 Å². The average Bonchev–Trinajstić information content (AvgIpc) is 2.75. The van der Waals surface area contributed by atoms with Crippen molar-refractivity contribution in [1.82, 2.24) is 4.90 Å². The number of benzene rings is 1.